The van der Waals surface area contributed by atoms with E-state index < -0.39 is 9.84 Å². The Morgan fingerprint density at radius 3 is 2.19 bits per heavy atom. The summed E-state index contributed by atoms with van der Waals surface area (Å²) in [4.78, 5) is 0. The van der Waals surface area contributed by atoms with Crippen molar-refractivity contribution in [3.8, 4) is 5.75 Å². The maximum absolute atomic E-state index is 12.4. The first-order valence-electron chi connectivity index (χ1n) is 6.95. The molecule has 0 bridgehead atoms. The average Bonchev–Trinajstić information content (AvgIpc) is 2.41. The molecule has 0 aliphatic carbocycles. The van der Waals surface area contributed by atoms with E-state index in [1.54, 1.807) is 6.07 Å². The Kier molecular flexibility index (Phi) is 5.02. The van der Waals surface area contributed by atoms with E-state index in [2.05, 4.69) is 0 Å². The van der Waals surface area contributed by atoms with Crippen molar-refractivity contribution in [2.45, 2.75) is 31.5 Å². The molecule has 0 amide bonds. The highest BCUT2D eigenvalue weighted by atomic mass is 32.2. The molecule has 0 saturated heterocycles. The fraction of sp³-hybridized carbons (Fsp3) is 0.294. The molecule has 0 unspecified atom stereocenters. The van der Waals surface area contributed by atoms with Gasteiger partial charge in [-0.3, -0.25) is 0 Å². The van der Waals surface area contributed by atoms with Crippen LogP contribution in [0.4, 0.5) is 0 Å². The predicted octanol–water partition coefficient (Wildman–Crippen LogP) is 3.59. The van der Waals surface area contributed by atoms with Gasteiger partial charge in [-0.25, -0.2) is 8.42 Å². The third-order valence-corrected chi connectivity index (χ3v) is 4.46. The molecule has 0 heterocycles. The van der Waals surface area contributed by atoms with E-state index in [-0.39, 0.29) is 17.6 Å². The quantitative estimate of drug-likeness (QED) is 0.819. The second-order valence-electron chi connectivity index (χ2n) is 5.29. The highest BCUT2D eigenvalue weighted by Gasteiger charge is 2.16. The lowest BCUT2D eigenvalue weighted by atomic mass is 10.2. The molecule has 0 aliphatic rings. The Morgan fingerprint density at radius 1 is 0.905 bits per heavy atom. The Bertz CT molecular complexity index is 676. The zero-order valence-corrected chi connectivity index (χ0v) is 13.1. The number of para-hydroxylation sites is 1. The maximum atomic E-state index is 12.4. The van der Waals surface area contributed by atoms with Gasteiger partial charge in [0.1, 0.15) is 5.75 Å². The van der Waals surface area contributed by atoms with E-state index >= 15 is 0 Å². The van der Waals surface area contributed by atoms with Crippen LogP contribution in [0.15, 0.2) is 54.6 Å². The van der Waals surface area contributed by atoms with Crippen molar-refractivity contribution in [2.75, 3.05) is 0 Å². The molecule has 2 rings (SSSR count). The van der Waals surface area contributed by atoms with Crippen LogP contribution in [0.2, 0.25) is 0 Å². The molecule has 0 aliphatic heterocycles. The van der Waals surface area contributed by atoms with Crippen molar-refractivity contribution in [1.29, 1.82) is 0 Å². The molecule has 0 N–H and O–H groups in total. The molecular weight excluding hydrogens is 284 g/mol. The van der Waals surface area contributed by atoms with Crippen LogP contribution in [-0.4, -0.2) is 14.5 Å². The van der Waals surface area contributed by atoms with Crippen molar-refractivity contribution < 1.29 is 13.2 Å². The SMILES string of the molecule is CC(C)Oc1ccccc1CS(=O)(=O)Cc1ccccc1. The molecular formula is C17H20O3S. The van der Waals surface area contributed by atoms with Gasteiger partial charge in [-0.05, 0) is 25.5 Å². The van der Waals surface area contributed by atoms with Gasteiger partial charge in [-0.1, -0.05) is 48.5 Å². The van der Waals surface area contributed by atoms with Crippen molar-refractivity contribution in [3.63, 3.8) is 0 Å². The third-order valence-electron chi connectivity index (χ3n) is 2.94. The number of hydrogen-bond acceptors (Lipinski definition) is 3. The first-order valence-corrected chi connectivity index (χ1v) is 8.77. The van der Waals surface area contributed by atoms with Crippen molar-refractivity contribution in [1.82, 2.24) is 0 Å². The van der Waals surface area contributed by atoms with Gasteiger partial charge >= 0.3 is 0 Å². The largest absolute Gasteiger partial charge is 0.491 e. The van der Waals surface area contributed by atoms with Crippen molar-refractivity contribution in [2.24, 2.45) is 0 Å². The van der Waals surface area contributed by atoms with Gasteiger partial charge in [0, 0.05) is 5.56 Å². The van der Waals surface area contributed by atoms with E-state index in [1.165, 1.54) is 0 Å². The second kappa shape index (κ2) is 6.76. The molecule has 112 valence electrons. The van der Waals surface area contributed by atoms with Crippen LogP contribution in [0.3, 0.4) is 0 Å². The number of hydrogen-bond donors (Lipinski definition) is 0. The summed E-state index contributed by atoms with van der Waals surface area (Å²) < 4.78 is 30.4. The standard InChI is InChI=1S/C17H20O3S/c1-14(2)20-17-11-7-6-10-16(17)13-21(18,19)12-15-8-4-3-5-9-15/h3-11,14H,12-13H2,1-2H3. The Morgan fingerprint density at radius 2 is 1.52 bits per heavy atom. The van der Waals surface area contributed by atoms with E-state index in [9.17, 15) is 8.42 Å². The fourth-order valence-corrected chi connectivity index (χ4v) is 3.62. The first kappa shape index (κ1) is 15.6. The molecule has 2 aromatic carbocycles. The third kappa shape index (κ3) is 4.90. The van der Waals surface area contributed by atoms with Crippen LogP contribution >= 0.6 is 0 Å². The number of ether oxygens (including phenoxy) is 1. The van der Waals surface area contributed by atoms with Crippen LogP contribution < -0.4 is 4.74 Å². The minimum atomic E-state index is -3.23. The highest BCUT2D eigenvalue weighted by molar-refractivity contribution is 7.89. The number of rotatable bonds is 6. The van der Waals surface area contributed by atoms with Crippen LogP contribution in [0.25, 0.3) is 0 Å². The van der Waals surface area contributed by atoms with Gasteiger partial charge in [0.05, 0.1) is 17.6 Å². The average molecular weight is 304 g/mol. The van der Waals surface area contributed by atoms with Gasteiger partial charge in [-0.2, -0.15) is 0 Å². The summed E-state index contributed by atoms with van der Waals surface area (Å²) in [6.45, 7) is 3.85. The minimum absolute atomic E-state index is 0.00914. The van der Waals surface area contributed by atoms with Gasteiger partial charge < -0.3 is 4.74 Å². The lowest BCUT2D eigenvalue weighted by molar-refractivity contribution is 0.240. The molecule has 2 aromatic rings. The van der Waals surface area contributed by atoms with Crippen molar-refractivity contribution in [3.05, 3.63) is 65.7 Å². The monoisotopic (exact) mass is 304 g/mol. The summed E-state index contributed by atoms with van der Waals surface area (Å²) in [5, 5.41) is 0. The summed E-state index contributed by atoms with van der Waals surface area (Å²) in [5.41, 5.74) is 1.52. The molecule has 3 nitrogen and oxygen atoms in total. The van der Waals surface area contributed by atoms with Gasteiger partial charge in [0.15, 0.2) is 9.84 Å². The maximum Gasteiger partial charge on any atom is 0.158 e. The minimum Gasteiger partial charge on any atom is -0.491 e. The Labute approximate surface area is 126 Å². The van der Waals surface area contributed by atoms with Crippen molar-refractivity contribution >= 4 is 9.84 Å². The molecule has 0 spiro atoms. The summed E-state index contributed by atoms with van der Waals surface area (Å²) in [6, 6.07) is 16.5. The van der Waals surface area contributed by atoms with E-state index in [0.717, 1.165) is 5.56 Å². The summed E-state index contributed by atoms with van der Waals surface area (Å²) in [7, 11) is -3.23. The lowest BCUT2D eigenvalue weighted by Crippen LogP contribution is -2.11. The van der Waals surface area contributed by atoms with Crippen LogP contribution in [0, 0.1) is 0 Å². The summed E-state index contributed by atoms with van der Waals surface area (Å²) in [6.07, 6.45) is 0.0166. The van der Waals surface area contributed by atoms with Gasteiger partial charge in [-0.15, -0.1) is 0 Å². The van der Waals surface area contributed by atoms with Gasteiger partial charge in [0.2, 0.25) is 0 Å². The summed E-state index contributed by atoms with van der Waals surface area (Å²) in [5.74, 6) is 0.679. The van der Waals surface area contributed by atoms with E-state index in [4.69, 9.17) is 4.74 Å². The van der Waals surface area contributed by atoms with E-state index in [0.29, 0.717) is 11.3 Å². The molecule has 0 radical (unpaired) electrons. The molecule has 0 saturated carbocycles. The van der Waals surface area contributed by atoms with E-state index in [1.807, 2.05) is 62.4 Å². The fourth-order valence-electron chi connectivity index (χ4n) is 2.11. The van der Waals surface area contributed by atoms with Gasteiger partial charge in [0.25, 0.3) is 0 Å². The first-order chi connectivity index (χ1) is 9.96. The summed E-state index contributed by atoms with van der Waals surface area (Å²) >= 11 is 0. The number of sulfone groups is 1. The second-order valence-corrected chi connectivity index (χ2v) is 7.36. The van der Waals surface area contributed by atoms with Crippen LogP contribution in [-0.2, 0) is 21.3 Å². The Hall–Kier alpha value is -1.81. The smallest absolute Gasteiger partial charge is 0.158 e. The molecule has 4 heteroatoms. The highest BCUT2D eigenvalue weighted by Crippen LogP contribution is 2.23. The molecule has 0 fully saturated rings. The van der Waals surface area contributed by atoms with Crippen LogP contribution in [0.5, 0.6) is 5.75 Å². The molecule has 21 heavy (non-hydrogen) atoms. The zero-order chi connectivity index (χ0) is 15.3. The molecule has 0 aromatic heterocycles. The van der Waals surface area contributed by atoms with Crippen LogP contribution in [0.1, 0.15) is 25.0 Å². The topological polar surface area (TPSA) is 43.4 Å². The predicted molar refractivity (Wildman–Crippen MR) is 85.0 cm³/mol. The molecule has 0 atom stereocenters. The lowest BCUT2D eigenvalue weighted by Gasteiger charge is -2.14. The normalized spacial score (nSPS) is 11.6. The number of benzene rings is 2. The zero-order valence-electron chi connectivity index (χ0n) is 12.3. The Balaban J connectivity index is 2.17.